The van der Waals surface area contributed by atoms with Gasteiger partial charge in [-0.05, 0) is 117 Å². The molecule has 0 radical (unpaired) electrons. The van der Waals surface area contributed by atoms with Crippen LogP contribution in [-0.2, 0) is 19.2 Å². The van der Waals surface area contributed by atoms with Gasteiger partial charge >= 0.3 is 0 Å². The SMILES string of the molecule is CC(=O)C(N=Nc1cc(Cl)cc(C(=O)Nc2ccc(Cl)cc2Cl)c1)C(=O)Nc1ccc(NC(=O)C(N=Nc2cc(Cl)cc(C(=O)Nc3ccc(Cl)cc3Cl)c2)C(C)=O)c(C(C)Cl)c1. The van der Waals surface area contributed by atoms with Gasteiger partial charge in [-0.2, -0.15) is 20.5 Å². The number of azo groups is 2. The molecule has 0 heterocycles. The molecule has 63 heavy (non-hydrogen) atoms. The van der Waals surface area contributed by atoms with Crippen molar-refractivity contribution in [1.29, 1.82) is 0 Å². The number of hydrogen-bond donors (Lipinski definition) is 4. The van der Waals surface area contributed by atoms with E-state index in [1.165, 1.54) is 78.9 Å². The second-order valence-corrected chi connectivity index (χ2v) is 16.6. The predicted molar refractivity (Wildman–Crippen MR) is 248 cm³/mol. The standard InChI is InChI=1S/C42H31Cl7N8O6/c1-19(43)31-18-28(50-41(62)37(20(2)58)56-54-29-12-22(10-26(46)14-29)39(60)52-35-7-4-24(44)16-32(35)48)6-9-34(31)51-42(63)38(21(3)59)57-55-30-13-23(11-27(47)15-30)40(61)53-36-8-5-25(45)17-33(36)49/h4-19,37-38H,1-3H3,(H,50,62)(H,51,63)(H,52,60)(H,53,61). The lowest BCUT2D eigenvalue weighted by Crippen LogP contribution is -2.32. The number of nitrogens with one attached hydrogen (secondary N) is 4. The molecule has 21 heteroatoms. The molecule has 0 spiro atoms. The number of carbonyl (C=O) groups is 6. The Hall–Kier alpha value is -5.45. The lowest BCUT2D eigenvalue weighted by molar-refractivity contribution is -0.127. The van der Waals surface area contributed by atoms with Gasteiger partial charge in [-0.1, -0.05) is 69.6 Å². The molecule has 0 saturated heterocycles. The molecule has 0 aromatic heterocycles. The number of hydrogen-bond acceptors (Lipinski definition) is 10. The molecule has 0 saturated carbocycles. The number of halogens is 7. The fourth-order valence-corrected chi connectivity index (χ4v) is 7.03. The molecule has 5 aromatic carbocycles. The highest BCUT2D eigenvalue weighted by Crippen LogP contribution is 2.32. The van der Waals surface area contributed by atoms with Crippen LogP contribution in [-0.4, -0.2) is 47.3 Å². The largest absolute Gasteiger partial charge is 0.324 e. The zero-order valence-corrected chi connectivity index (χ0v) is 38.1. The van der Waals surface area contributed by atoms with Gasteiger partial charge in [0.05, 0.1) is 38.2 Å². The Morgan fingerprint density at radius 3 is 1.33 bits per heavy atom. The third-order valence-corrected chi connectivity index (χ3v) is 10.3. The van der Waals surface area contributed by atoms with Crippen LogP contribution in [0.25, 0.3) is 0 Å². The quantitative estimate of drug-likeness (QED) is 0.0457. The Bertz CT molecular complexity index is 2710. The number of amides is 4. The summed E-state index contributed by atoms with van der Waals surface area (Å²) in [6, 6.07) is 18.3. The summed E-state index contributed by atoms with van der Waals surface area (Å²) in [5.74, 6) is -4.22. The molecule has 0 bridgehead atoms. The predicted octanol–water partition coefficient (Wildman–Crippen LogP) is 12.8. The monoisotopic (exact) mass is 988 g/mol. The molecule has 3 unspecified atom stereocenters. The van der Waals surface area contributed by atoms with E-state index in [0.29, 0.717) is 27.0 Å². The van der Waals surface area contributed by atoms with E-state index in [2.05, 4.69) is 41.7 Å². The normalized spacial score (nSPS) is 12.7. The zero-order chi connectivity index (χ0) is 46.1. The first-order valence-electron chi connectivity index (χ1n) is 18.1. The Morgan fingerprint density at radius 1 is 0.492 bits per heavy atom. The number of anilines is 4. The van der Waals surface area contributed by atoms with E-state index in [9.17, 15) is 28.8 Å². The lowest BCUT2D eigenvalue weighted by atomic mass is 10.1. The first-order valence-corrected chi connectivity index (χ1v) is 20.8. The van der Waals surface area contributed by atoms with E-state index < -0.39 is 52.7 Å². The number of carbonyl (C=O) groups excluding carboxylic acids is 6. The van der Waals surface area contributed by atoms with Gasteiger partial charge in [0.1, 0.15) is 0 Å². The van der Waals surface area contributed by atoms with Gasteiger partial charge in [0.25, 0.3) is 23.6 Å². The summed E-state index contributed by atoms with van der Waals surface area (Å²) in [6.45, 7) is 3.89. The fraction of sp³-hybridized carbons (Fsp3) is 0.143. The summed E-state index contributed by atoms with van der Waals surface area (Å²) in [7, 11) is 0. The molecule has 0 aliphatic heterocycles. The van der Waals surface area contributed by atoms with E-state index in [1.807, 2.05) is 0 Å². The van der Waals surface area contributed by atoms with Crippen molar-refractivity contribution in [3.05, 3.63) is 138 Å². The van der Waals surface area contributed by atoms with Crippen LogP contribution in [0, 0.1) is 0 Å². The number of ketones is 2. The lowest BCUT2D eigenvalue weighted by Gasteiger charge is -2.17. The van der Waals surface area contributed by atoms with E-state index in [0.717, 1.165) is 13.8 Å². The molecule has 3 atom stereocenters. The second-order valence-electron chi connectivity index (χ2n) is 13.4. The Kier molecular flexibility index (Phi) is 16.8. The maximum atomic E-state index is 13.4. The smallest absolute Gasteiger partial charge is 0.258 e. The van der Waals surface area contributed by atoms with E-state index in [1.54, 1.807) is 19.1 Å². The summed E-state index contributed by atoms with van der Waals surface area (Å²) < 4.78 is 0. The van der Waals surface area contributed by atoms with Gasteiger partial charge in [0, 0.05) is 42.6 Å². The maximum Gasteiger partial charge on any atom is 0.258 e. The molecule has 5 aromatic rings. The number of Topliss-reactive ketones (excluding diaryl/α,β-unsaturated/α-hetero) is 2. The molecule has 0 aliphatic rings. The summed E-state index contributed by atoms with van der Waals surface area (Å²) >= 11 is 43.2. The van der Waals surface area contributed by atoms with Crippen LogP contribution in [0.5, 0.6) is 0 Å². The third kappa shape index (κ3) is 13.5. The number of benzene rings is 5. The molecule has 4 amide bonds. The summed E-state index contributed by atoms with van der Waals surface area (Å²) in [5.41, 5.74) is 1.54. The molecule has 4 N–H and O–H groups in total. The third-order valence-electron chi connectivity index (χ3n) is 8.50. The zero-order valence-electron chi connectivity index (χ0n) is 32.8. The maximum absolute atomic E-state index is 13.4. The van der Waals surface area contributed by atoms with Crippen molar-refractivity contribution in [2.75, 3.05) is 21.3 Å². The summed E-state index contributed by atoms with van der Waals surface area (Å²) in [4.78, 5) is 78.0. The molecular weight excluding hydrogens is 961 g/mol. The topological polar surface area (TPSA) is 200 Å². The van der Waals surface area contributed by atoms with E-state index in [4.69, 9.17) is 81.2 Å². The molecule has 5 rings (SSSR count). The highest BCUT2D eigenvalue weighted by atomic mass is 35.5. The second kappa shape index (κ2) is 21.8. The van der Waals surface area contributed by atoms with Crippen LogP contribution in [0.15, 0.2) is 111 Å². The molecular formula is C42H31Cl7N8O6. The Balaban J connectivity index is 1.28. The Morgan fingerprint density at radius 2 is 0.921 bits per heavy atom. The highest BCUT2D eigenvalue weighted by Gasteiger charge is 2.27. The van der Waals surface area contributed by atoms with Gasteiger partial charge in [0.2, 0.25) is 12.1 Å². The van der Waals surface area contributed by atoms with Gasteiger partial charge < -0.3 is 21.3 Å². The van der Waals surface area contributed by atoms with Crippen molar-refractivity contribution in [1.82, 2.24) is 0 Å². The van der Waals surface area contributed by atoms with Crippen molar-refractivity contribution in [2.45, 2.75) is 38.2 Å². The average molecular weight is 992 g/mol. The minimum absolute atomic E-state index is 0.0631. The van der Waals surface area contributed by atoms with E-state index >= 15 is 0 Å². The van der Waals surface area contributed by atoms with E-state index in [-0.39, 0.29) is 54.0 Å². The minimum Gasteiger partial charge on any atom is -0.324 e. The van der Waals surface area contributed by atoms with Gasteiger partial charge in [-0.3, -0.25) is 28.8 Å². The van der Waals surface area contributed by atoms with Crippen LogP contribution in [0.2, 0.25) is 30.1 Å². The van der Waals surface area contributed by atoms with Crippen LogP contribution in [0.1, 0.15) is 52.4 Å². The van der Waals surface area contributed by atoms with Gasteiger partial charge in [0.15, 0.2) is 11.6 Å². The van der Waals surface area contributed by atoms with Crippen molar-refractivity contribution in [3.63, 3.8) is 0 Å². The van der Waals surface area contributed by atoms with Crippen molar-refractivity contribution in [2.24, 2.45) is 20.5 Å². The number of alkyl halides is 1. The summed E-state index contributed by atoms with van der Waals surface area (Å²) in [6.07, 6.45) is 0. The molecule has 324 valence electrons. The first-order chi connectivity index (χ1) is 29.8. The minimum atomic E-state index is -1.64. The van der Waals surface area contributed by atoms with Crippen molar-refractivity contribution < 1.29 is 28.8 Å². The fourth-order valence-electron chi connectivity index (χ4n) is 5.48. The summed E-state index contributed by atoms with van der Waals surface area (Å²) in [5, 5.41) is 27.1. The Labute approximate surface area is 394 Å². The molecule has 0 aliphatic carbocycles. The van der Waals surface area contributed by atoms with Crippen LogP contribution < -0.4 is 21.3 Å². The van der Waals surface area contributed by atoms with Gasteiger partial charge in [-0.15, -0.1) is 11.6 Å². The number of rotatable bonds is 15. The highest BCUT2D eigenvalue weighted by molar-refractivity contribution is 6.38. The molecule has 0 fully saturated rings. The van der Waals surface area contributed by atoms with Crippen LogP contribution >= 0.6 is 81.2 Å². The van der Waals surface area contributed by atoms with Crippen molar-refractivity contribution >= 4 is 151 Å². The van der Waals surface area contributed by atoms with Gasteiger partial charge in [-0.25, -0.2) is 0 Å². The number of nitrogens with zero attached hydrogens (tertiary/aromatic N) is 4. The molecule has 14 nitrogen and oxygen atoms in total. The first kappa shape index (κ1) is 48.6. The van der Waals surface area contributed by atoms with Crippen LogP contribution in [0.4, 0.5) is 34.1 Å². The average Bonchev–Trinajstić information content (AvgIpc) is 3.20. The van der Waals surface area contributed by atoms with Crippen LogP contribution in [0.3, 0.4) is 0 Å². The van der Waals surface area contributed by atoms with Crippen molar-refractivity contribution in [3.8, 4) is 0 Å².